The smallest absolute Gasteiger partial charge is 0.407 e. The van der Waals surface area contributed by atoms with Gasteiger partial charge in [-0.25, -0.2) is 4.79 Å². The van der Waals surface area contributed by atoms with E-state index in [-0.39, 0.29) is 6.09 Å². The zero-order valence-corrected chi connectivity index (χ0v) is 10.4. The van der Waals surface area contributed by atoms with Crippen LogP contribution in [-0.4, -0.2) is 24.8 Å². The number of amides is 1. The molecule has 92 valence electrons. The SMILES string of the molecule is C=CC(=C)NCCCNC(=O)OC(C)(C)C. The molecule has 0 spiro atoms. The van der Waals surface area contributed by atoms with E-state index in [1.807, 2.05) is 20.8 Å². The van der Waals surface area contributed by atoms with Crippen molar-refractivity contribution < 1.29 is 9.53 Å². The van der Waals surface area contributed by atoms with E-state index in [9.17, 15) is 4.79 Å². The van der Waals surface area contributed by atoms with Gasteiger partial charge in [-0.2, -0.15) is 0 Å². The van der Waals surface area contributed by atoms with Crippen LogP contribution in [0.25, 0.3) is 0 Å². The molecule has 0 aliphatic heterocycles. The van der Waals surface area contributed by atoms with Gasteiger partial charge in [-0.1, -0.05) is 13.2 Å². The number of nitrogens with one attached hydrogen (secondary N) is 2. The lowest BCUT2D eigenvalue weighted by Crippen LogP contribution is -2.33. The summed E-state index contributed by atoms with van der Waals surface area (Å²) >= 11 is 0. The van der Waals surface area contributed by atoms with Crippen molar-refractivity contribution in [1.82, 2.24) is 10.6 Å². The Kier molecular flexibility index (Phi) is 6.30. The molecule has 0 heterocycles. The summed E-state index contributed by atoms with van der Waals surface area (Å²) in [7, 11) is 0. The van der Waals surface area contributed by atoms with E-state index in [0.717, 1.165) is 18.7 Å². The standard InChI is InChI=1S/C12H22N2O2/c1-6-10(2)13-8-7-9-14-11(15)16-12(3,4)5/h6,13H,1-2,7-9H2,3-5H3,(H,14,15). The van der Waals surface area contributed by atoms with Crippen LogP contribution in [-0.2, 0) is 4.74 Å². The molecule has 0 rings (SSSR count). The minimum Gasteiger partial charge on any atom is -0.444 e. The monoisotopic (exact) mass is 226 g/mol. The van der Waals surface area contributed by atoms with E-state index < -0.39 is 5.60 Å². The molecule has 4 nitrogen and oxygen atoms in total. The third-order valence-corrected chi connectivity index (χ3v) is 1.62. The summed E-state index contributed by atoms with van der Waals surface area (Å²) in [6.07, 6.45) is 2.09. The van der Waals surface area contributed by atoms with Crippen molar-refractivity contribution in [2.24, 2.45) is 0 Å². The van der Waals surface area contributed by atoms with Gasteiger partial charge in [0.05, 0.1) is 0 Å². The fourth-order valence-corrected chi connectivity index (χ4v) is 0.914. The molecule has 0 fully saturated rings. The van der Waals surface area contributed by atoms with Crippen molar-refractivity contribution >= 4 is 6.09 Å². The summed E-state index contributed by atoms with van der Waals surface area (Å²) < 4.78 is 5.08. The summed E-state index contributed by atoms with van der Waals surface area (Å²) in [4.78, 5) is 11.2. The molecular weight excluding hydrogens is 204 g/mol. The molecule has 4 heteroatoms. The lowest BCUT2D eigenvalue weighted by atomic mass is 10.2. The minimum atomic E-state index is -0.445. The molecule has 2 N–H and O–H groups in total. The third kappa shape index (κ3) is 9.12. The van der Waals surface area contributed by atoms with Crippen molar-refractivity contribution in [3.05, 3.63) is 24.9 Å². The predicted octanol–water partition coefficient (Wildman–Crippen LogP) is 2.19. The van der Waals surface area contributed by atoms with Crippen molar-refractivity contribution in [2.75, 3.05) is 13.1 Å². The molecule has 0 aromatic heterocycles. The number of carbonyl (C=O) groups is 1. The molecule has 0 aromatic carbocycles. The van der Waals surface area contributed by atoms with Crippen LogP contribution in [0.1, 0.15) is 27.2 Å². The van der Waals surface area contributed by atoms with Gasteiger partial charge < -0.3 is 15.4 Å². The molecule has 0 unspecified atom stereocenters. The second-order valence-electron chi connectivity index (χ2n) is 4.44. The Morgan fingerprint density at radius 3 is 2.38 bits per heavy atom. The number of hydrogen-bond acceptors (Lipinski definition) is 3. The summed E-state index contributed by atoms with van der Waals surface area (Å²) in [5.74, 6) is 0. The molecule has 0 saturated carbocycles. The minimum absolute atomic E-state index is 0.380. The first-order valence-corrected chi connectivity index (χ1v) is 5.37. The quantitative estimate of drug-likeness (QED) is 0.539. The molecule has 16 heavy (non-hydrogen) atoms. The number of carbonyl (C=O) groups excluding carboxylic acids is 1. The van der Waals surface area contributed by atoms with E-state index >= 15 is 0 Å². The second-order valence-corrected chi connectivity index (χ2v) is 4.44. The van der Waals surface area contributed by atoms with E-state index in [4.69, 9.17) is 4.74 Å². The van der Waals surface area contributed by atoms with E-state index in [1.165, 1.54) is 0 Å². The van der Waals surface area contributed by atoms with Gasteiger partial charge in [0.25, 0.3) is 0 Å². The van der Waals surface area contributed by atoms with Gasteiger partial charge in [0.2, 0.25) is 0 Å². The van der Waals surface area contributed by atoms with Gasteiger partial charge in [-0.15, -0.1) is 0 Å². The van der Waals surface area contributed by atoms with Gasteiger partial charge in [-0.3, -0.25) is 0 Å². The topological polar surface area (TPSA) is 50.4 Å². The van der Waals surface area contributed by atoms with Crippen LogP contribution >= 0.6 is 0 Å². The summed E-state index contributed by atoms with van der Waals surface area (Å²) in [6, 6.07) is 0. The number of allylic oxidation sites excluding steroid dienone is 1. The van der Waals surface area contributed by atoms with E-state index in [1.54, 1.807) is 6.08 Å². The molecule has 0 saturated heterocycles. The molecule has 0 atom stereocenters. The summed E-state index contributed by atoms with van der Waals surface area (Å²) in [5, 5.41) is 5.72. The predicted molar refractivity (Wildman–Crippen MR) is 66.2 cm³/mol. The van der Waals surface area contributed by atoms with E-state index in [2.05, 4.69) is 23.8 Å². The maximum Gasteiger partial charge on any atom is 0.407 e. The normalized spacial score (nSPS) is 10.4. The van der Waals surface area contributed by atoms with Crippen LogP contribution in [0, 0.1) is 0 Å². The van der Waals surface area contributed by atoms with Crippen LogP contribution in [0.4, 0.5) is 4.79 Å². The first-order chi connectivity index (χ1) is 7.35. The zero-order valence-electron chi connectivity index (χ0n) is 10.4. The molecular formula is C12H22N2O2. The van der Waals surface area contributed by atoms with Gasteiger partial charge in [0.1, 0.15) is 5.60 Å². The highest BCUT2D eigenvalue weighted by molar-refractivity contribution is 5.67. The second kappa shape index (κ2) is 6.93. The van der Waals surface area contributed by atoms with Gasteiger partial charge in [0, 0.05) is 18.8 Å². The average molecular weight is 226 g/mol. The van der Waals surface area contributed by atoms with Crippen LogP contribution in [0.3, 0.4) is 0 Å². The highest BCUT2D eigenvalue weighted by Gasteiger charge is 2.15. The number of ether oxygens (including phenoxy) is 1. The Labute approximate surface area is 97.7 Å². The van der Waals surface area contributed by atoms with E-state index in [0.29, 0.717) is 6.54 Å². The van der Waals surface area contributed by atoms with Gasteiger partial charge in [0.15, 0.2) is 0 Å². The Morgan fingerprint density at radius 1 is 1.31 bits per heavy atom. The maximum absolute atomic E-state index is 11.2. The van der Waals surface area contributed by atoms with Crippen molar-refractivity contribution in [3.63, 3.8) is 0 Å². The van der Waals surface area contributed by atoms with Crippen LogP contribution in [0.5, 0.6) is 0 Å². The first-order valence-electron chi connectivity index (χ1n) is 5.37. The molecule has 0 aromatic rings. The summed E-state index contributed by atoms with van der Waals surface area (Å²) in [6.45, 7) is 14.1. The largest absolute Gasteiger partial charge is 0.444 e. The number of rotatable bonds is 6. The Morgan fingerprint density at radius 2 is 1.88 bits per heavy atom. The molecule has 0 aliphatic carbocycles. The fraction of sp³-hybridized carbons (Fsp3) is 0.583. The maximum atomic E-state index is 11.2. The van der Waals surface area contributed by atoms with Gasteiger partial charge >= 0.3 is 6.09 Å². The highest BCUT2D eigenvalue weighted by atomic mass is 16.6. The molecule has 1 amide bonds. The Balaban J connectivity index is 3.49. The zero-order chi connectivity index (χ0) is 12.6. The summed E-state index contributed by atoms with van der Waals surface area (Å²) in [5.41, 5.74) is 0.344. The highest BCUT2D eigenvalue weighted by Crippen LogP contribution is 2.06. The first kappa shape index (κ1) is 14.6. The fourth-order valence-electron chi connectivity index (χ4n) is 0.914. The van der Waals surface area contributed by atoms with Gasteiger partial charge in [-0.05, 0) is 33.3 Å². The Hall–Kier alpha value is -1.45. The third-order valence-electron chi connectivity index (χ3n) is 1.62. The Bertz CT molecular complexity index is 254. The lowest BCUT2D eigenvalue weighted by Gasteiger charge is -2.19. The van der Waals surface area contributed by atoms with Crippen molar-refractivity contribution in [3.8, 4) is 0 Å². The van der Waals surface area contributed by atoms with Crippen LogP contribution < -0.4 is 10.6 Å². The number of hydrogen-bond donors (Lipinski definition) is 2. The van der Waals surface area contributed by atoms with Crippen LogP contribution in [0.2, 0.25) is 0 Å². The van der Waals surface area contributed by atoms with Crippen molar-refractivity contribution in [1.29, 1.82) is 0 Å². The molecule has 0 bridgehead atoms. The molecule has 0 aliphatic rings. The lowest BCUT2D eigenvalue weighted by molar-refractivity contribution is 0.0527. The molecule has 0 radical (unpaired) electrons. The average Bonchev–Trinajstić information content (AvgIpc) is 2.14. The number of alkyl carbamates (subject to hydrolysis) is 1. The van der Waals surface area contributed by atoms with Crippen molar-refractivity contribution in [2.45, 2.75) is 32.8 Å². The van der Waals surface area contributed by atoms with Crippen LogP contribution in [0.15, 0.2) is 24.9 Å².